The molecule has 1 aromatic heterocycles. The number of hydrogen-bond acceptors (Lipinski definition) is 4. The third-order valence-corrected chi connectivity index (χ3v) is 5.50. The molecule has 1 amide bonds. The summed E-state index contributed by atoms with van der Waals surface area (Å²) in [4.78, 5) is 29.8. The smallest absolute Gasteiger partial charge is 0.251 e. The first-order chi connectivity index (χ1) is 13.7. The zero-order chi connectivity index (χ0) is 19.1. The zero-order valence-electron chi connectivity index (χ0n) is 15.4. The van der Waals surface area contributed by atoms with Gasteiger partial charge in [-0.3, -0.25) is 9.59 Å². The molecular weight excluding hydrogens is 356 g/mol. The molecule has 0 bridgehead atoms. The van der Waals surface area contributed by atoms with Crippen LogP contribution in [0, 0.1) is 0 Å². The Kier molecular flexibility index (Phi) is 4.04. The van der Waals surface area contributed by atoms with Crippen LogP contribution in [-0.4, -0.2) is 29.1 Å². The third-order valence-electron chi connectivity index (χ3n) is 5.50. The Morgan fingerprint density at radius 2 is 1.86 bits per heavy atom. The van der Waals surface area contributed by atoms with Crippen LogP contribution in [0.4, 0.5) is 0 Å². The highest BCUT2D eigenvalue weighted by Gasteiger charge is 2.24. The van der Waals surface area contributed by atoms with Gasteiger partial charge < -0.3 is 19.4 Å². The number of carbonyl (C=O) groups excluding carboxylic acids is 1. The number of nitrogens with one attached hydrogen (secondary N) is 1. The molecule has 142 valence electrons. The maximum absolute atomic E-state index is 12.7. The van der Waals surface area contributed by atoms with Gasteiger partial charge in [-0.1, -0.05) is 18.2 Å². The van der Waals surface area contributed by atoms with Crippen LogP contribution in [0.15, 0.2) is 47.3 Å². The van der Waals surface area contributed by atoms with E-state index in [1.807, 2.05) is 47.4 Å². The summed E-state index contributed by atoms with van der Waals surface area (Å²) >= 11 is 0. The molecule has 3 aromatic rings. The maximum Gasteiger partial charge on any atom is 0.251 e. The van der Waals surface area contributed by atoms with E-state index in [0.717, 1.165) is 34.4 Å². The summed E-state index contributed by atoms with van der Waals surface area (Å²) < 4.78 is 10.9. The number of aryl methyl sites for hydroxylation is 1. The molecule has 5 rings (SSSR count). The van der Waals surface area contributed by atoms with Gasteiger partial charge in [0.25, 0.3) is 5.56 Å². The van der Waals surface area contributed by atoms with E-state index >= 15 is 0 Å². The van der Waals surface area contributed by atoms with Crippen molar-refractivity contribution in [2.24, 2.45) is 0 Å². The summed E-state index contributed by atoms with van der Waals surface area (Å²) in [7, 11) is 0. The fourth-order valence-corrected chi connectivity index (χ4v) is 3.94. The molecule has 1 N–H and O–H groups in total. The minimum atomic E-state index is -0.122. The Bertz CT molecular complexity index is 1140. The topological polar surface area (TPSA) is 71.6 Å². The number of carbonyl (C=O) groups is 1. The molecule has 0 fully saturated rings. The Morgan fingerprint density at radius 3 is 2.71 bits per heavy atom. The second-order valence-corrected chi connectivity index (χ2v) is 7.25. The quantitative estimate of drug-likeness (QED) is 0.763. The van der Waals surface area contributed by atoms with E-state index < -0.39 is 0 Å². The fraction of sp³-hybridized carbons (Fsp3) is 0.273. The molecule has 3 heterocycles. The number of H-pyrrole nitrogens is 1. The number of nitrogens with zero attached hydrogens (tertiary/aromatic N) is 1. The summed E-state index contributed by atoms with van der Waals surface area (Å²) in [5.74, 6) is 1.60. The summed E-state index contributed by atoms with van der Waals surface area (Å²) in [6.45, 7) is 1.50. The van der Waals surface area contributed by atoms with Crippen LogP contribution in [0.25, 0.3) is 10.9 Å². The number of fused-ring (bicyclic) bond motifs is 3. The molecule has 2 aliphatic rings. The van der Waals surface area contributed by atoms with Gasteiger partial charge in [0.2, 0.25) is 12.7 Å². The van der Waals surface area contributed by atoms with E-state index in [1.165, 1.54) is 5.56 Å². The number of hydrogen-bond donors (Lipinski definition) is 1. The van der Waals surface area contributed by atoms with Crippen molar-refractivity contribution < 1.29 is 14.3 Å². The average Bonchev–Trinajstić information content (AvgIpc) is 3.17. The highest BCUT2D eigenvalue weighted by atomic mass is 16.7. The lowest BCUT2D eigenvalue weighted by Gasteiger charge is -2.29. The maximum atomic E-state index is 12.7. The van der Waals surface area contributed by atoms with Crippen molar-refractivity contribution in [1.29, 1.82) is 0 Å². The normalized spacial score (nSPS) is 14.9. The Hall–Kier alpha value is -3.28. The van der Waals surface area contributed by atoms with Crippen LogP contribution in [0.1, 0.15) is 23.1 Å². The number of ether oxygens (including phenoxy) is 2. The molecule has 6 nitrogen and oxygen atoms in total. The molecule has 0 saturated carbocycles. The van der Waals surface area contributed by atoms with Crippen LogP contribution in [-0.2, 0) is 24.2 Å². The van der Waals surface area contributed by atoms with E-state index in [9.17, 15) is 9.59 Å². The minimum Gasteiger partial charge on any atom is -0.454 e. The van der Waals surface area contributed by atoms with E-state index in [1.54, 1.807) is 0 Å². The largest absolute Gasteiger partial charge is 0.454 e. The first-order valence-electron chi connectivity index (χ1n) is 9.47. The van der Waals surface area contributed by atoms with Crippen molar-refractivity contribution in [3.05, 3.63) is 69.5 Å². The number of aromatic nitrogens is 1. The van der Waals surface area contributed by atoms with Gasteiger partial charge in [-0.2, -0.15) is 0 Å². The average molecular weight is 376 g/mol. The number of aromatic amines is 1. The molecule has 6 heteroatoms. The number of benzene rings is 2. The minimum absolute atomic E-state index is 0.0656. The van der Waals surface area contributed by atoms with Gasteiger partial charge in [-0.25, -0.2) is 0 Å². The molecule has 0 saturated heterocycles. The second kappa shape index (κ2) is 6.71. The van der Waals surface area contributed by atoms with Crippen molar-refractivity contribution >= 4 is 16.8 Å². The standard InChI is InChI=1S/C22H20N2O4/c25-21(6-5-16-9-15-3-1-2-4-18(15)23-22(16)26)24-8-7-14-10-19-20(28-13-27-19)11-17(14)12-24/h1-4,9-11H,5-8,12-13H2,(H,23,26). The van der Waals surface area contributed by atoms with Crippen molar-refractivity contribution in [2.75, 3.05) is 13.3 Å². The molecule has 28 heavy (non-hydrogen) atoms. The molecule has 0 unspecified atom stereocenters. The summed E-state index contributed by atoms with van der Waals surface area (Å²) in [6.07, 6.45) is 1.55. The van der Waals surface area contributed by atoms with Crippen LogP contribution in [0.3, 0.4) is 0 Å². The van der Waals surface area contributed by atoms with Gasteiger partial charge in [0.05, 0.1) is 0 Å². The van der Waals surface area contributed by atoms with Crippen molar-refractivity contribution in [1.82, 2.24) is 9.88 Å². The van der Waals surface area contributed by atoms with Crippen LogP contribution in [0.5, 0.6) is 11.5 Å². The van der Waals surface area contributed by atoms with Gasteiger partial charge in [0, 0.05) is 30.6 Å². The van der Waals surface area contributed by atoms with E-state index in [0.29, 0.717) is 31.5 Å². The number of rotatable bonds is 3. The zero-order valence-corrected chi connectivity index (χ0v) is 15.4. The van der Waals surface area contributed by atoms with E-state index in [4.69, 9.17) is 9.47 Å². The molecule has 2 aromatic carbocycles. The van der Waals surface area contributed by atoms with Crippen molar-refractivity contribution in [3.8, 4) is 11.5 Å². The van der Waals surface area contributed by atoms with Gasteiger partial charge in [0.15, 0.2) is 11.5 Å². The predicted molar refractivity (Wildman–Crippen MR) is 105 cm³/mol. The fourth-order valence-electron chi connectivity index (χ4n) is 3.94. The number of amides is 1. The molecule has 0 atom stereocenters. The van der Waals surface area contributed by atoms with Crippen LogP contribution >= 0.6 is 0 Å². The van der Waals surface area contributed by atoms with Gasteiger partial charge in [-0.15, -0.1) is 0 Å². The highest BCUT2D eigenvalue weighted by molar-refractivity contribution is 5.79. The highest BCUT2D eigenvalue weighted by Crippen LogP contribution is 2.36. The molecular formula is C22H20N2O4. The molecule has 2 aliphatic heterocycles. The lowest BCUT2D eigenvalue weighted by atomic mass is 9.98. The van der Waals surface area contributed by atoms with Crippen LogP contribution < -0.4 is 15.0 Å². The Balaban J connectivity index is 1.29. The van der Waals surface area contributed by atoms with Crippen molar-refractivity contribution in [3.63, 3.8) is 0 Å². The van der Waals surface area contributed by atoms with Crippen LogP contribution in [0.2, 0.25) is 0 Å². The summed E-state index contributed by atoms with van der Waals surface area (Å²) in [6, 6.07) is 13.5. The first-order valence-corrected chi connectivity index (χ1v) is 9.47. The SMILES string of the molecule is O=C(CCc1cc2ccccc2[nH]c1=O)N1CCc2cc3c(cc2C1)OCO3. The predicted octanol–water partition coefficient (Wildman–Crippen LogP) is 2.77. The van der Waals surface area contributed by atoms with Crippen molar-refractivity contribution in [2.45, 2.75) is 25.8 Å². The molecule has 0 spiro atoms. The van der Waals surface area contributed by atoms with E-state index in [2.05, 4.69) is 4.98 Å². The second-order valence-electron chi connectivity index (χ2n) is 7.25. The third kappa shape index (κ3) is 3.01. The summed E-state index contributed by atoms with van der Waals surface area (Å²) in [5, 5.41) is 0.979. The Morgan fingerprint density at radius 1 is 1.07 bits per heavy atom. The van der Waals surface area contributed by atoms with Gasteiger partial charge >= 0.3 is 0 Å². The first kappa shape index (κ1) is 16.9. The van der Waals surface area contributed by atoms with E-state index in [-0.39, 0.29) is 18.3 Å². The molecule has 0 aliphatic carbocycles. The molecule has 0 radical (unpaired) electrons. The number of pyridine rings is 1. The van der Waals surface area contributed by atoms with Gasteiger partial charge in [0.1, 0.15) is 0 Å². The lowest BCUT2D eigenvalue weighted by molar-refractivity contribution is -0.132. The Labute approximate surface area is 161 Å². The number of para-hydroxylation sites is 1. The van der Waals surface area contributed by atoms with Gasteiger partial charge in [-0.05, 0) is 53.6 Å². The monoisotopic (exact) mass is 376 g/mol. The lowest BCUT2D eigenvalue weighted by Crippen LogP contribution is -2.36. The summed E-state index contributed by atoms with van der Waals surface area (Å²) in [5.41, 5.74) is 3.65.